The Balaban J connectivity index is 2.07. The summed E-state index contributed by atoms with van der Waals surface area (Å²) in [5, 5.41) is 11.1. The Hall–Kier alpha value is -2.99. The van der Waals surface area contributed by atoms with Gasteiger partial charge in [0.15, 0.2) is 0 Å². The van der Waals surface area contributed by atoms with E-state index in [9.17, 15) is 26.9 Å². The van der Waals surface area contributed by atoms with Crippen molar-refractivity contribution in [2.45, 2.75) is 16.7 Å². The number of non-ortho nitro benzene ring substituents is 1. The number of nitro groups is 1. The largest absolute Gasteiger partial charge is 0.318 e. The molecule has 0 spiro atoms. The molecule has 0 saturated carbocycles. The van der Waals surface area contributed by atoms with Crippen LogP contribution in [0.5, 0.6) is 0 Å². The second kappa shape index (κ2) is 8.63. The number of halogens is 1. The van der Waals surface area contributed by atoms with Gasteiger partial charge >= 0.3 is 10.1 Å². The average Bonchev–Trinajstić information content (AvgIpc) is 2.73. The molecule has 3 aromatic rings. The lowest BCUT2D eigenvalue weighted by atomic mass is 10.2. The highest BCUT2D eigenvalue weighted by Gasteiger charge is 2.32. The normalized spacial score (nSPS) is 11.8. The third kappa shape index (κ3) is 5.02. The Bertz CT molecular complexity index is 1310. The Morgan fingerprint density at radius 2 is 1.35 bits per heavy atom. The van der Waals surface area contributed by atoms with Crippen LogP contribution in [0.25, 0.3) is 0 Å². The fourth-order valence-corrected chi connectivity index (χ4v) is 5.03. The average molecular weight is 483 g/mol. The van der Waals surface area contributed by atoms with Gasteiger partial charge in [0.2, 0.25) is 0 Å². The molecule has 0 amide bonds. The number of nitrogens with zero attached hydrogens (tertiary/aromatic N) is 2. The quantitative estimate of drug-likeness (QED) is 0.367. The highest BCUT2D eigenvalue weighted by Crippen LogP contribution is 2.29. The van der Waals surface area contributed by atoms with Gasteiger partial charge in [0.25, 0.3) is 15.7 Å². The number of benzene rings is 3. The number of rotatable bonds is 7. The Morgan fingerprint density at radius 1 is 0.839 bits per heavy atom. The SMILES string of the molecule is Cc1ccc(S(=O)(=O)N(OS(=O)(=O)c2ccc([N+](=O)[O-])cc2)c2ccc(Cl)cc2)cc1. The van der Waals surface area contributed by atoms with Gasteiger partial charge in [-0.3, -0.25) is 10.1 Å². The summed E-state index contributed by atoms with van der Waals surface area (Å²) in [6.45, 7) is 1.77. The minimum atomic E-state index is -4.67. The first kappa shape index (κ1) is 22.7. The molecule has 12 heteroatoms. The lowest BCUT2D eigenvalue weighted by Gasteiger charge is -2.22. The van der Waals surface area contributed by atoms with Gasteiger partial charge in [-0.15, -0.1) is 8.75 Å². The second-order valence-corrected chi connectivity index (χ2v) is 10.0. The van der Waals surface area contributed by atoms with Crippen molar-refractivity contribution in [2.24, 2.45) is 0 Å². The van der Waals surface area contributed by atoms with Gasteiger partial charge in [0, 0.05) is 17.2 Å². The zero-order valence-corrected chi connectivity index (χ0v) is 18.3. The highest BCUT2D eigenvalue weighted by molar-refractivity contribution is 7.94. The van der Waals surface area contributed by atoms with E-state index in [2.05, 4.69) is 0 Å². The third-order valence-corrected chi connectivity index (χ3v) is 7.21. The lowest BCUT2D eigenvalue weighted by molar-refractivity contribution is -0.384. The molecule has 3 aromatic carbocycles. The molecule has 0 saturated heterocycles. The van der Waals surface area contributed by atoms with Crippen LogP contribution < -0.4 is 4.47 Å². The van der Waals surface area contributed by atoms with Gasteiger partial charge in [-0.25, -0.2) is 0 Å². The van der Waals surface area contributed by atoms with Crippen molar-refractivity contribution in [3.05, 3.63) is 93.5 Å². The molecule has 31 heavy (non-hydrogen) atoms. The van der Waals surface area contributed by atoms with Crippen molar-refractivity contribution in [3.8, 4) is 0 Å². The topological polar surface area (TPSA) is 124 Å². The molecule has 0 fully saturated rings. The summed E-state index contributed by atoms with van der Waals surface area (Å²) in [4.78, 5) is 9.43. The van der Waals surface area contributed by atoms with Crippen LogP contribution in [0.1, 0.15) is 5.56 Å². The highest BCUT2D eigenvalue weighted by atomic mass is 35.5. The van der Waals surface area contributed by atoms with E-state index >= 15 is 0 Å². The van der Waals surface area contributed by atoms with Gasteiger partial charge in [-0.05, 0) is 55.5 Å². The maximum atomic E-state index is 13.2. The van der Waals surface area contributed by atoms with Gasteiger partial charge in [-0.1, -0.05) is 29.3 Å². The summed E-state index contributed by atoms with van der Waals surface area (Å²) in [7, 11) is -9.13. The fraction of sp³-hybridized carbons (Fsp3) is 0.0526. The van der Waals surface area contributed by atoms with Crippen LogP contribution in [0.15, 0.2) is 82.6 Å². The van der Waals surface area contributed by atoms with Crippen LogP contribution in [-0.4, -0.2) is 21.8 Å². The Kier molecular flexibility index (Phi) is 6.32. The number of hydrogen-bond acceptors (Lipinski definition) is 7. The van der Waals surface area contributed by atoms with Crippen molar-refractivity contribution in [3.63, 3.8) is 0 Å². The monoisotopic (exact) mass is 482 g/mol. The summed E-state index contributed by atoms with van der Waals surface area (Å²) in [6.07, 6.45) is 0. The molecule has 9 nitrogen and oxygen atoms in total. The van der Waals surface area contributed by atoms with E-state index in [4.69, 9.17) is 15.9 Å². The predicted molar refractivity (Wildman–Crippen MR) is 114 cm³/mol. The zero-order chi connectivity index (χ0) is 22.8. The maximum absolute atomic E-state index is 13.2. The summed E-state index contributed by atoms with van der Waals surface area (Å²) < 4.78 is 57.2. The molecule has 0 aliphatic rings. The molecule has 162 valence electrons. The van der Waals surface area contributed by atoms with E-state index in [0.29, 0.717) is 5.02 Å². The molecule has 0 aromatic heterocycles. The van der Waals surface area contributed by atoms with Crippen LogP contribution in [0.3, 0.4) is 0 Å². The Morgan fingerprint density at radius 3 is 1.87 bits per heavy atom. The van der Waals surface area contributed by atoms with Crippen molar-refractivity contribution >= 4 is 43.1 Å². The molecular formula is C19H15ClN2O7S2. The molecule has 0 radical (unpaired) electrons. The van der Waals surface area contributed by atoms with Crippen LogP contribution in [0, 0.1) is 17.0 Å². The third-order valence-electron chi connectivity index (χ3n) is 4.08. The maximum Gasteiger partial charge on any atom is 0.318 e. The van der Waals surface area contributed by atoms with Crippen molar-refractivity contribution in [2.75, 3.05) is 4.47 Å². The predicted octanol–water partition coefficient (Wildman–Crippen LogP) is 4.07. The van der Waals surface area contributed by atoms with E-state index < -0.39 is 30.0 Å². The molecule has 0 N–H and O–H groups in total. The van der Waals surface area contributed by atoms with Crippen LogP contribution in [0.4, 0.5) is 11.4 Å². The summed E-state index contributed by atoms with van der Waals surface area (Å²) in [5.74, 6) is 0. The smallest absolute Gasteiger partial charge is 0.258 e. The number of nitro benzene ring substituents is 1. The molecule has 0 aliphatic heterocycles. The van der Waals surface area contributed by atoms with Crippen molar-refractivity contribution in [1.82, 2.24) is 0 Å². The lowest BCUT2D eigenvalue weighted by Crippen LogP contribution is -2.33. The van der Waals surface area contributed by atoms with Crippen LogP contribution in [0.2, 0.25) is 5.02 Å². The van der Waals surface area contributed by atoms with Crippen LogP contribution in [-0.2, 0) is 24.4 Å². The van der Waals surface area contributed by atoms with Crippen molar-refractivity contribution < 1.29 is 26.0 Å². The van der Waals surface area contributed by atoms with Gasteiger partial charge in [0.1, 0.15) is 0 Å². The summed E-state index contributed by atoms with van der Waals surface area (Å²) in [6, 6.07) is 14.9. The first-order chi connectivity index (χ1) is 14.5. The molecule has 0 atom stereocenters. The van der Waals surface area contributed by atoms with E-state index in [1.165, 1.54) is 36.4 Å². The van der Waals surface area contributed by atoms with E-state index in [0.717, 1.165) is 29.8 Å². The molecule has 0 heterocycles. The summed E-state index contributed by atoms with van der Waals surface area (Å²) in [5.41, 5.74) is 0.354. The first-order valence-electron chi connectivity index (χ1n) is 8.57. The first-order valence-corrected chi connectivity index (χ1v) is 11.8. The number of hydrogen-bond donors (Lipinski definition) is 0. The number of anilines is 1. The summed E-state index contributed by atoms with van der Waals surface area (Å²) >= 11 is 5.85. The molecule has 0 bridgehead atoms. The van der Waals surface area contributed by atoms with E-state index in [-0.39, 0.29) is 20.7 Å². The number of aryl methyl sites for hydroxylation is 1. The standard InChI is InChI=1S/C19H15ClN2O7S2/c1-14-2-10-18(11-3-14)30(25,26)22(17-6-4-15(20)5-7-17)29-31(27,28)19-12-8-16(9-13-19)21(23)24/h2-13H,1H3. The van der Waals surface area contributed by atoms with Gasteiger partial charge < -0.3 is 0 Å². The van der Waals surface area contributed by atoms with Crippen molar-refractivity contribution in [1.29, 1.82) is 0 Å². The number of sulfonamides is 1. The van der Waals surface area contributed by atoms with Crippen LogP contribution >= 0.6 is 11.6 Å². The molecular weight excluding hydrogens is 468 g/mol. The van der Waals surface area contributed by atoms with Gasteiger partial charge in [-0.2, -0.15) is 16.8 Å². The molecule has 3 rings (SSSR count). The zero-order valence-electron chi connectivity index (χ0n) is 15.9. The molecule has 0 unspecified atom stereocenters. The van der Waals surface area contributed by atoms with E-state index in [1.54, 1.807) is 19.1 Å². The Labute approximate surface area is 183 Å². The molecule has 0 aliphatic carbocycles. The minimum absolute atomic E-state index is 0.115. The fourth-order valence-electron chi connectivity index (χ4n) is 2.46. The minimum Gasteiger partial charge on any atom is -0.258 e. The van der Waals surface area contributed by atoms with E-state index in [1.807, 2.05) is 0 Å². The van der Waals surface area contributed by atoms with Gasteiger partial charge in [0.05, 0.1) is 20.4 Å². The second-order valence-electron chi connectivity index (χ2n) is 6.30.